The number of ether oxygens (including phenoxy) is 5. The van der Waals surface area contributed by atoms with E-state index in [0.717, 1.165) is 69.6 Å². The Hall–Kier alpha value is -3.15. The van der Waals surface area contributed by atoms with Crippen molar-refractivity contribution in [2.45, 2.75) is 271 Å². The van der Waals surface area contributed by atoms with Gasteiger partial charge in [-0.1, -0.05) is 34.6 Å². The van der Waals surface area contributed by atoms with E-state index in [1.54, 1.807) is 13.8 Å². The predicted molar refractivity (Wildman–Crippen MR) is 287 cm³/mol. The first kappa shape index (κ1) is 63.9. The molecular weight excluding hydrogens is 1060 g/mol. The molecule has 2 N–H and O–H groups in total. The van der Waals surface area contributed by atoms with Crippen LogP contribution in [0.25, 0.3) is 0 Å². The third-order valence-electron chi connectivity index (χ3n) is 23.0. The molecule has 0 spiro atoms. The van der Waals surface area contributed by atoms with Crippen molar-refractivity contribution in [3.63, 3.8) is 0 Å². The smallest absolute Gasteiger partial charge is 0.426 e. The Morgan fingerprint density at radius 3 is 1.60 bits per heavy atom. The molecule has 12 bridgehead atoms. The molecule has 462 valence electrons. The summed E-state index contributed by atoms with van der Waals surface area (Å²) in [5, 5.41) is 20.1. The maximum Gasteiger partial charge on any atom is 0.426 e. The Bertz CT molecular complexity index is 2270. The van der Waals surface area contributed by atoms with Crippen LogP contribution in [-0.4, -0.2) is 93.1 Å². The van der Waals surface area contributed by atoms with Crippen LogP contribution in [-0.2, 0) is 47.7 Å². The molecule has 81 heavy (non-hydrogen) atoms. The monoisotopic (exact) mass is 1160 g/mol. The molecule has 1 saturated heterocycles. The molecule has 0 amide bonds. The van der Waals surface area contributed by atoms with Crippen molar-refractivity contribution in [1.29, 1.82) is 0 Å². The van der Waals surface area contributed by atoms with Gasteiger partial charge in [0.1, 0.15) is 29.5 Å². The highest BCUT2D eigenvalue weighted by molar-refractivity contribution is 5.79. The highest BCUT2D eigenvalue weighted by Gasteiger charge is 2.72. The zero-order chi connectivity index (χ0) is 60.0. The average molecular weight is 1160 g/mol. The number of hydrogen-bond donors (Lipinski definition) is 2. The number of carbonyl (C=O) groups is 5. The number of aliphatic hydroxyl groups is 2. The van der Waals surface area contributed by atoms with Crippen molar-refractivity contribution >= 4 is 29.8 Å². The minimum atomic E-state index is -5.81. The zero-order valence-electron chi connectivity index (χ0n) is 50.3. The van der Waals surface area contributed by atoms with Crippen LogP contribution >= 0.6 is 0 Å². The zero-order valence-corrected chi connectivity index (χ0v) is 50.3. The van der Waals surface area contributed by atoms with Gasteiger partial charge >= 0.3 is 42.2 Å². The van der Waals surface area contributed by atoms with Crippen LogP contribution in [0.1, 0.15) is 218 Å². The van der Waals surface area contributed by atoms with Gasteiger partial charge in [0.05, 0.1) is 33.7 Å². The summed E-state index contributed by atoms with van der Waals surface area (Å²) in [5.74, 6) is 2.11. The first-order valence-electron chi connectivity index (χ1n) is 31.0. The van der Waals surface area contributed by atoms with E-state index < -0.39 is 64.7 Å². The van der Waals surface area contributed by atoms with Crippen molar-refractivity contribution in [3.8, 4) is 0 Å². The summed E-state index contributed by atoms with van der Waals surface area (Å²) < 4.78 is 106. The van der Waals surface area contributed by atoms with Crippen LogP contribution in [0.4, 0.5) is 26.3 Å². The highest BCUT2D eigenvalue weighted by Crippen LogP contribution is 2.62. The maximum atomic E-state index is 12.9. The molecule has 18 heteroatoms. The average Bonchev–Trinajstić information content (AvgIpc) is 4.29. The maximum absolute atomic E-state index is 12.9. The van der Waals surface area contributed by atoms with Crippen molar-refractivity contribution in [1.82, 2.24) is 0 Å². The highest BCUT2D eigenvalue weighted by atomic mass is 19.4. The molecule has 12 unspecified atom stereocenters. The van der Waals surface area contributed by atoms with Crippen LogP contribution < -0.4 is 0 Å². The molecule has 13 aliphatic rings. The normalized spacial score (nSPS) is 39.6. The van der Waals surface area contributed by atoms with Crippen LogP contribution in [0.2, 0.25) is 0 Å². The van der Waals surface area contributed by atoms with E-state index in [9.17, 15) is 60.5 Å². The fraction of sp³-hybridized carbons (Fsp3) is 0.921. The van der Waals surface area contributed by atoms with E-state index in [0.29, 0.717) is 61.2 Å². The summed E-state index contributed by atoms with van der Waals surface area (Å²) in [6.45, 7) is 23.4. The summed E-state index contributed by atoms with van der Waals surface area (Å²) in [5.41, 5.74) is -7.02. The first-order valence-corrected chi connectivity index (χ1v) is 31.0. The molecule has 12 atom stereocenters. The Balaban J connectivity index is 0.000000143. The Morgan fingerprint density at radius 1 is 0.630 bits per heavy atom. The third kappa shape index (κ3) is 12.6. The predicted octanol–water partition coefficient (Wildman–Crippen LogP) is 13.4. The number of halogens is 6. The third-order valence-corrected chi connectivity index (χ3v) is 23.0. The van der Waals surface area contributed by atoms with E-state index >= 15 is 0 Å². The van der Waals surface area contributed by atoms with Crippen LogP contribution in [0.5, 0.6) is 0 Å². The second-order valence-corrected chi connectivity index (χ2v) is 30.0. The number of hydrogen-bond acceptors (Lipinski definition) is 12. The molecule has 12 saturated carbocycles. The molecule has 0 aromatic carbocycles. The molecule has 13 fully saturated rings. The SMILES string of the molecule is CCC(C)(C)C(=O)OC1(C)C2CC3CC(C2)CC1C3.CCC(C)(C)C(=O)OC12CC3CC(CC(O)(C3)C1)C2.CCC(C)(C)C(=O)OC1C2CC3C(=O)OC1C3C2.CCC(C)C(=O)OC1CC2CC(CC(O)(C(F)(F)F)C(F)(F)F)C1C2. The van der Waals surface area contributed by atoms with Crippen molar-refractivity contribution in [2.24, 2.45) is 93.2 Å². The van der Waals surface area contributed by atoms with Crippen molar-refractivity contribution < 1.29 is 84.2 Å². The quantitative estimate of drug-likeness (QED) is 0.0959. The lowest BCUT2D eigenvalue weighted by Gasteiger charge is -2.59. The first-order chi connectivity index (χ1) is 37.3. The molecule has 12 aliphatic carbocycles. The van der Waals surface area contributed by atoms with Gasteiger partial charge in [0.2, 0.25) is 0 Å². The summed E-state index contributed by atoms with van der Waals surface area (Å²) in [4.78, 5) is 60.5. The minimum absolute atomic E-state index is 0.0185. The number of esters is 5. The summed E-state index contributed by atoms with van der Waals surface area (Å²) in [6.07, 6.45) is 3.98. The van der Waals surface area contributed by atoms with E-state index in [2.05, 4.69) is 13.8 Å². The van der Waals surface area contributed by atoms with E-state index in [4.69, 9.17) is 23.7 Å². The van der Waals surface area contributed by atoms with Gasteiger partial charge in [0.15, 0.2) is 0 Å². The lowest BCUT2D eigenvalue weighted by atomic mass is 9.50. The van der Waals surface area contributed by atoms with E-state index in [-0.39, 0.29) is 76.9 Å². The van der Waals surface area contributed by atoms with Crippen LogP contribution in [0.3, 0.4) is 0 Å². The summed E-state index contributed by atoms with van der Waals surface area (Å²) in [7, 11) is 0. The molecule has 1 heterocycles. The number of carbonyl (C=O) groups excluding carboxylic acids is 5. The molecule has 0 radical (unpaired) electrons. The number of alkyl halides is 6. The second-order valence-electron chi connectivity index (χ2n) is 30.0. The van der Waals surface area contributed by atoms with Gasteiger partial charge in [-0.3, -0.25) is 24.0 Å². The van der Waals surface area contributed by atoms with Gasteiger partial charge in [-0.05, 0) is 230 Å². The van der Waals surface area contributed by atoms with Gasteiger partial charge in [0, 0.05) is 18.3 Å². The topological polar surface area (TPSA) is 172 Å². The fourth-order valence-corrected chi connectivity index (χ4v) is 17.0. The second kappa shape index (κ2) is 22.6. The minimum Gasteiger partial charge on any atom is -0.462 e. The molecule has 0 aromatic heterocycles. The van der Waals surface area contributed by atoms with Gasteiger partial charge in [-0.25, -0.2) is 0 Å². The number of rotatable bonds is 14. The molecule has 1 aliphatic heterocycles. The largest absolute Gasteiger partial charge is 0.462 e. The lowest BCUT2D eigenvalue weighted by molar-refractivity contribution is -0.373. The van der Waals surface area contributed by atoms with Gasteiger partial charge in [0.25, 0.3) is 5.60 Å². The van der Waals surface area contributed by atoms with E-state index in [1.807, 2.05) is 55.4 Å². The number of fused-ring (bicyclic) bond motifs is 3. The van der Waals surface area contributed by atoms with Gasteiger partial charge < -0.3 is 33.9 Å². The molecule has 13 rings (SSSR count). The lowest BCUT2D eigenvalue weighted by Crippen LogP contribution is -2.61. The van der Waals surface area contributed by atoms with Crippen LogP contribution in [0, 0.1) is 93.2 Å². The Morgan fingerprint density at radius 2 is 1.12 bits per heavy atom. The summed E-state index contributed by atoms with van der Waals surface area (Å²) in [6, 6.07) is 0. The Labute approximate surface area is 476 Å². The molecular formula is C63H96F6O12. The van der Waals surface area contributed by atoms with Crippen molar-refractivity contribution in [2.75, 3.05) is 0 Å². The fourth-order valence-electron chi connectivity index (χ4n) is 17.0. The summed E-state index contributed by atoms with van der Waals surface area (Å²) >= 11 is 0. The molecule has 12 nitrogen and oxygen atoms in total. The standard InChI is InChI=1S/C17H28O2.C16H22F6O3.C16H26O3.C14H20O4/c1-5-16(2,3)15(18)19-17(4)13-7-11-6-12(9-13)10-14(17)8-11;1-3-8(2)13(23)25-12-6-9-4-10(11(12)5-9)7-14(24,15(17,18)19)16(20,21)22;1-4-14(2,3)13(17)19-16-8-11-5-12(9-16)7-15(18,6-11)10-16;1-4-14(2,3)13(16)18-10-7-5-8-9(6-7)12(15)17-11(8)10/h11-14H,5-10H2,1-4H3;8-12,24H,3-7H2,1-2H3;11-12,18H,4-10H2,1-3H3;7-11H,4-6H2,1-3H3. The molecule has 0 aromatic rings. The Kier molecular flexibility index (Phi) is 17.8. The van der Waals surface area contributed by atoms with Gasteiger partial charge in [-0.2, -0.15) is 26.3 Å². The van der Waals surface area contributed by atoms with E-state index in [1.165, 1.54) is 38.5 Å². The van der Waals surface area contributed by atoms with Crippen molar-refractivity contribution in [3.05, 3.63) is 0 Å². The van der Waals surface area contributed by atoms with Gasteiger partial charge in [-0.15, -0.1) is 0 Å². The van der Waals surface area contributed by atoms with Crippen LogP contribution in [0.15, 0.2) is 0 Å².